The first-order valence-electron chi connectivity index (χ1n) is 5.59. The normalized spacial score (nSPS) is 26.5. The van der Waals surface area contributed by atoms with Crippen LogP contribution in [0.15, 0.2) is 5.51 Å². The number of aromatic nitrogens is 2. The third kappa shape index (κ3) is 2.46. The van der Waals surface area contributed by atoms with Crippen LogP contribution in [0.25, 0.3) is 0 Å². The zero-order chi connectivity index (χ0) is 10.7. The predicted molar refractivity (Wildman–Crippen MR) is 63.2 cm³/mol. The zero-order valence-electron chi connectivity index (χ0n) is 9.09. The van der Waals surface area contributed by atoms with Gasteiger partial charge in [-0.3, -0.25) is 0 Å². The van der Waals surface area contributed by atoms with Gasteiger partial charge in [0.2, 0.25) is 5.13 Å². The lowest BCUT2D eigenvalue weighted by molar-refractivity contribution is 0.377. The number of nitrogens with two attached hydrogens (primary N) is 1. The Bertz CT molecular complexity index is 280. The second-order valence-corrected chi connectivity index (χ2v) is 4.89. The van der Waals surface area contributed by atoms with Crippen LogP contribution in [0.3, 0.4) is 0 Å². The van der Waals surface area contributed by atoms with Crippen LogP contribution >= 0.6 is 11.3 Å². The van der Waals surface area contributed by atoms with E-state index in [0.717, 1.165) is 24.5 Å². The average molecular weight is 226 g/mol. The fraction of sp³-hybridized carbons (Fsp3) is 0.800. The molecule has 15 heavy (non-hydrogen) atoms. The van der Waals surface area contributed by atoms with Crippen LogP contribution in [-0.2, 0) is 0 Å². The molecule has 4 nitrogen and oxygen atoms in total. The summed E-state index contributed by atoms with van der Waals surface area (Å²) in [5, 5.41) is 9.10. The molecule has 2 N–H and O–H groups in total. The minimum atomic E-state index is 0.411. The number of rotatable bonds is 3. The third-order valence-electron chi connectivity index (χ3n) is 3.12. The Morgan fingerprint density at radius 2 is 2.20 bits per heavy atom. The highest BCUT2D eigenvalue weighted by molar-refractivity contribution is 7.13. The first-order chi connectivity index (χ1) is 7.31. The molecule has 1 aromatic rings. The molecule has 84 valence electrons. The molecule has 0 unspecified atom stereocenters. The summed E-state index contributed by atoms with van der Waals surface area (Å²) in [5.74, 6) is 0. The summed E-state index contributed by atoms with van der Waals surface area (Å²) < 4.78 is 0. The monoisotopic (exact) mass is 226 g/mol. The number of nitrogens with zero attached hydrogens (tertiary/aromatic N) is 3. The molecule has 0 bridgehead atoms. The Morgan fingerprint density at radius 3 is 2.73 bits per heavy atom. The molecule has 0 aromatic carbocycles. The fourth-order valence-electron chi connectivity index (χ4n) is 2.26. The first-order valence-corrected chi connectivity index (χ1v) is 6.47. The Labute approximate surface area is 94.5 Å². The van der Waals surface area contributed by atoms with Crippen LogP contribution in [0.4, 0.5) is 5.13 Å². The molecule has 1 heterocycles. The largest absolute Gasteiger partial charge is 0.344 e. The molecule has 0 saturated heterocycles. The molecule has 1 aliphatic rings. The summed E-state index contributed by atoms with van der Waals surface area (Å²) in [6, 6.07) is 1.03. The number of hydrogen-bond donors (Lipinski definition) is 1. The standard InChI is InChI=1S/C10H18N4S/c1-2-14(10-13-12-7-15-10)9-5-3-8(11)4-6-9/h7-9H,2-6,11H2,1H3. The third-order valence-corrected chi connectivity index (χ3v) is 3.84. The van der Waals surface area contributed by atoms with Crippen molar-refractivity contribution in [2.75, 3.05) is 11.4 Å². The van der Waals surface area contributed by atoms with Crippen LogP contribution in [0, 0.1) is 0 Å². The van der Waals surface area contributed by atoms with Gasteiger partial charge >= 0.3 is 0 Å². The van der Waals surface area contributed by atoms with Gasteiger partial charge in [-0.1, -0.05) is 11.3 Å². The molecular formula is C10H18N4S. The maximum absolute atomic E-state index is 5.91. The van der Waals surface area contributed by atoms with Gasteiger partial charge in [0, 0.05) is 18.6 Å². The summed E-state index contributed by atoms with van der Waals surface area (Å²) in [4.78, 5) is 2.36. The van der Waals surface area contributed by atoms with E-state index in [0.29, 0.717) is 12.1 Å². The smallest absolute Gasteiger partial charge is 0.208 e. The van der Waals surface area contributed by atoms with E-state index in [2.05, 4.69) is 22.0 Å². The molecule has 1 aliphatic carbocycles. The van der Waals surface area contributed by atoms with Crippen molar-refractivity contribution >= 4 is 16.5 Å². The minimum absolute atomic E-state index is 0.411. The Hall–Kier alpha value is -0.680. The summed E-state index contributed by atoms with van der Waals surface area (Å²) in [5.41, 5.74) is 7.71. The SMILES string of the molecule is CCN(c1nncs1)C1CCC(N)CC1. The lowest BCUT2D eigenvalue weighted by Gasteiger charge is -2.34. The quantitative estimate of drug-likeness (QED) is 0.851. The van der Waals surface area contributed by atoms with Gasteiger partial charge < -0.3 is 10.6 Å². The van der Waals surface area contributed by atoms with Gasteiger partial charge in [-0.05, 0) is 32.6 Å². The predicted octanol–water partition coefficient (Wildman–Crippen LogP) is 1.63. The van der Waals surface area contributed by atoms with E-state index in [1.54, 1.807) is 16.8 Å². The van der Waals surface area contributed by atoms with E-state index in [4.69, 9.17) is 5.73 Å². The van der Waals surface area contributed by atoms with Crippen molar-refractivity contribution in [3.05, 3.63) is 5.51 Å². The molecule has 1 saturated carbocycles. The van der Waals surface area contributed by atoms with E-state index >= 15 is 0 Å². The van der Waals surface area contributed by atoms with Gasteiger partial charge in [-0.15, -0.1) is 10.2 Å². The van der Waals surface area contributed by atoms with Crippen molar-refractivity contribution < 1.29 is 0 Å². The van der Waals surface area contributed by atoms with Crippen molar-refractivity contribution in [2.45, 2.75) is 44.7 Å². The molecule has 0 spiro atoms. The number of hydrogen-bond acceptors (Lipinski definition) is 5. The summed E-state index contributed by atoms with van der Waals surface area (Å²) in [6.45, 7) is 3.19. The zero-order valence-corrected chi connectivity index (χ0v) is 9.91. The lowest BCUT2D eigenvalue weighted by atomic mass is 9.91. The topological polar surface area (TPSA) is 55.0 Å². The van der Waals surface area contributed by atoms with E-state index in [9.17, 15) is 0 Å². The van der Waals surface area contributed by atoms with Gasteiger partial charge in [-0.25, -0.2) is 0 Å². The lowest BCUT2D eigenvalue weighted by Crippen LogP contribution is -2.40. The van der Waals surface area contributed by atoms with E-state index < -0.39 is 0 Å². The van der Waals surface area contributed by atoms with Crippen LogP contribution in [0.1, 0.15) is 32.6 Å². The highest BCUT2D eigenvalue weighted by atomic mass is 32.1. The summed E-state index contributed by atoms with van der Waals surface area (Å²) in [6.07, 6.45) is 4.66. The van der Waals surface area contributed by atoms with Crippen LogP contribution < -0.4 is 10.6 Å². The number of anilines is 1. The summed E-state index contributed by atoms with van der Waals surface area (Å²) in [7, 11) is 0. The fourth-order valence-corrected chi connectivity index (χ4v) is 2.95. The molecule has 1 fully saturated rings. The Morgan fingerprint density at radius 1 is 1.47 bits per heavy atom. The van der Waals surface area contributed by atoms with Gasteiger partial charge in [0.1, 0.15) is 5.51 Å². The van der Waals surface area contributed by atoms with Crippen molar-refractivity contribution in [2.24, 2.45) is 5.73 Å². The molecule has 0 radical (unpaired) electrons. The Balaban J connectivity index is 2.01. The average Bonchev–Trinajstić information content (AvgIpc) is 2.75. The van der Waals surface area contributed by atoms with E-state index in [-0.39, 0.29) is 0 Å². The molecule has 0 atom stereocenters. The van der Waals surface area contributed by atoms with Gasteiger partial charge in [0.15, 0.2) is 0 Å². The van der Waals surface area contributed by atoms with Crippen LogP contribution in [-0.4, -0.2) is 28.8 Å². The highest BCUT2D eigenvalue weighted by Gasteiger charge is 2.24. The van der Waals surface area contributed by atoms with E-state index in [1.807, 2.05) is 0 Å². The minimum Gasteiger partial charge on any atom is -0.344 e. The molecule has 5 heteroatoms. The molecule has 0 amide bonds. The van der Waals surface area contributed by atoms with Crippen molar-refractivity contribution in [1.29, 1.82) is 0 Å². The molecule has 0 aliphatic heterocycles. The van der Waals surface area contributed by atoms with Gasteiger partial charge in [0.25, 0.3) is 0 Å². The molecular weight excluding hydrogens is 208 g/mol. The summed E-state index contributed by atoms with van der Waals surface area (Å²) >= 11 is 1.62. The first kappa shape index (κ1) is 10.8. The van der Waals surface area contributed by atoms with Crippen molar-refractivity contribution in [3.8, 4) is 0 Å². The second kappa shape index (κ2) is 4.90. The highest BCUT2D eigenvalue weighted by Crippen LogP contribution is 2.27. The van der Waals surface area contributed by atoms with Gasteiger partial charge in [0.05, 0.1) is 0 Å². The maximum atomic E-state index is 5.91. The molecule has 2 rings (SSSR count). The van der Waals surface area contributed by atoms with Gasteiger partial charge in [-0.2, -0.15) is 0 Å². The second-order valence-electron chi connectivity index (χ2n) is 4.08. The van der Waals surface area contributed by atoms with Crippen LogP contribution in [0.2, 0.25) is 0 Å². The van der Waals surface area contributed by atoms with Crippen LogP contribution in [0.5, 0.6) is 0 Å². The Kier molecular flexibility index (Phi) is 3.53. The maximum Gasteiger partial charge on any atom is 0.208 e. The molecule has 1 aromatic heterocycles. The van der Waals surface area contributed by atoms with Crippen molar-refractivity contribution in [3.63, 3.8) is 0 Å². The van der Waals surface area contributed by atoms with Crippen molar-refractivity contribution in [1.82, 2.24) is 10.2 Å². The van der Waals surface area contributed by atoms with E-state index in [1.165, 1.54) is 12.8 Å².